The number of hydrogen-bond acceptors (Lipinski definition) is 3. The lowest BCUT2D eigenvalue weighted by molar-refractivity contribution is -0.134. The maximum Gasteiger partial charge on any atom is 0.164 e. The third-order valence-corrected chi connectivity index (χ3v) is 2.87. The number of hydrogen-bond donors (Lipinski definition) is 0. The molecule has 2 heterocycles. The maximum absolute atomic E-state index is 11.8. The van der Waals surface area contributed by atoms with E-state index in [-0.39, 0.29) is 12.0 Å². The topological polar surface area (TPSA) is 35.5 Å². The van der Waals surface area contributed by atoms with Gasteiger partial charge in [0.2, 0.25) is 0 Å². The molecule has 3 nitrogen and oxygen atoms in total. The Morgan fingerprint density at radius 3 is 2.46 bits per heavy atom. The number of rotatable bonds is 2. The molecule has 2 fully saturated rings. The van der Waals surface area contributed by atoms with Crippen molar-refractivity contribution in [3.63, 3.8) is 0 Å². The highest BCUT2D eigenvalue weighted by Crippen LogP contribution is 2.22. The van der Waals surface area contributed by atoms with Gasteiger partial charge in [-0.2, -0.15) is 0 Å². The first kappa shape index (κ1) is 9.16. The van der Waals surface area contributed by atoms with Gasteiger partial charge in [-0.1, -0.05) is 0 Å². The minimum Gasteiger partial charge on any atom is -0.381 e. The zero-order chi connectivity index (χ0) is 9.10. The van der Waals surface area contributed by atoms with Gasteiger partial charge in [0.1, 0.15) is 6.10 Å². The summed E-state index contributed by atoms with van der Waals surface area (Å²) in [6, 6.07) is 0. The van der Waals surface area contributed by atoms with Crippen molar-refractivity contribution in [1.29, 1.82) is 0 Å². The maximum atomic E-state index is 11.8. The van der Waals surface area contributed by atoms with Crippen molar-refractivity contribution >= 4 is 5.78 Å². The van der Waals surface area contributed by atoms with Gasteiger partial charge in [0.25, 0.3) is 0 Å². The molecule has 1 atom stereocenters. The fourth-order valence-corrected chi connectivity index (χ4v) is 2.05. The van der Waals surface area contributed by atoms with Crippen molar-refractivity contribution in [2.45, 2.75) is 31.8 Å². The molecule has 74 valence electrons. The van der Waals surface area contributed by atoms with E-state index in [2.05, 4.69) is 0 Å². The van der Waals surface area contributed by atoms with Crippen LogP contribution >= 0.6 is 0 Å². The summed E-state index contributed by atoms with van der Waals surface area (Å²) in [5, 5.41) is 0. The van der Waals surface area contributed by atoms with Gasteiger partial charge in [0, 0.05) is 25.7 Å². The molecule has 0 aromatic rings. The van der Waals surface area contributed by atoms with Crippen LogP contribution in [-0.4, -0.2) is 31.7 Å². The van der Waals surface area contributed by atoms with Crippen LogP contribution in [0.25, 0.3) is 0 Å². The lowest BCUT2D eigenvalue weighted by Gasteiger charge is -2.22. The normalized spacial score (nSPS) is 30.6. The predicted octanol–water partition coefficient (Wildman–Crippen LogP) is 1.16. The van der Waals surface area contributed by atoms with Crippen molar-refractivity contribution in [2.24, 2.45) is 5.92 Å². The Bertz CT molecular complexity index is 179. The zero-order valence-corrected chi connectivity index (χ0v) is 7.83. The van der Waals surface area contributed by atoms with Gasteiger partial charge in [0.05, 0.1) is 0 Å². The number of carbonyl (C=O) groups is 1. The average molecular weight is 184 g/mol. The van der Waals surface area contributed by atoms with Crippen molar-refractivity contribution in [1.82, 2.24) is 0 Å². The van der Waals surface area contributed by atoms with E-state index in [1.165, 1.54) is 0 Å². The van der Waals surface area contributed by atoms with Crippen molar-refractivity contribution in [2.75, 3.05) is 19.8 Å². The monoisotopic (exact) mass is 184 g/mol. The molecule has 2 aliphatic heterocycles. The van der Waals surface area contributed by atoms with Gasteiger partial charge in [-0.3, -0.25) is 4.79 Å². The minimum absolute atomic E-state index is 0.0944. The lowest BCUT2D eigenvalue weighted by atomic mass is 9.91. The van der Waals surface area contributed by atoms with Crippen LogP contribution in [0.2, 0.25) is 0 Å². The Hall–Kier alpha value is -0.410. The molecule has 0 aromatic carbocycles. The van der Waals surface area contributed by atoms with E-state index in [4.69, 9.17) is 9.47 Å². The van der Waals surface area contributed by atoms with Crippen molar-refractivity contribution in [3.8, 4) is 0 Å². The van der Waals surface area contributed by atoms with E-state index < -0.39 is 0 Å². The van der Waals surface area contributed by atoms with E-state index >= 15 is 0 Å². The van der Waals surface area contributed by atoms with E-state index in [9.17, 15) is 4.79 Å². The fourth-order valence-electron chi connectivity index (χ4n) is 2.05. The number of Topliss-reactive ketones (excluding diaryl/α,β-unsaturated/α-hetero) is 1. The molecular formula is C10H16O3. The number of ketones is 1. The highest BCUT2D eigenvalue weighted by atomic mass is 16.5. The van der Waals surface area contributed by atoms with Crippen LogP contribution in [0, 0.1) is 5.92 Å². The predicted molar refractivity (Wildman–Crippen MR) is 47.5 cm³/mol. The summed E-state index contributed by atoms with van der Waals surface area (Å²) in [5.41, 5.74) is 0. The summed E-state index contributed by atoms with van der Waals surface area (Å²) in [4.78, 5) is 11.8. The Balaban J connectivity index is 1.87. The Morgan fingerprint density at radius 2 is 1.85 bits per heavy atom. The van der Waals surface area contributed by atoms with Crippen LogP contribution in [0.4, 0.5) is 0 Å². The summed E-state index contributed by atoms with van der Waals surface area (Å²) in [6.07, 6.45) is 3.65. The number of carbonyl (C=O) groups excluding carboxylic acids is 1. The van der Waals surface area contributed by atoms with Crippen LogP contribution in [0.5, 0.6) is 0 Å². The third kappa shape index (κ3) is 2.09. The molecule has 1 unspecified atom stereocenters. The Morgan fingerprint density at radius 1 is 1.08 bits per heavy atom. The van der Waals surface area contributed by atoms with Crippen LogP contribution in [0.1, 0.15) is 25.7 Å². The molecule has 0 radical (unpaired) electrons. The summed E-state index contributed by atoms with van der Waals surface area (Å²) < 4.78 is 10.6. The highest BCUT2D eigenvalue weighted by Gasteiger charge is 2.30. The van der Waals surface area contributed by atoms with Crippen LogP contribution in [0.3, 0.4) is 0 Å². The van der Waals surface area contributed by atoms with Crippen molar-refractivity contribution < 1.29 is 14.3 Å². The molecule has 0 saturated carbocycles. The van der Waals surface area contributed by atoms with Crippen LogP contribution in [-0.2, 0) is 14.3 Å². The molecular weight excluding hydrogens is 168 g/mol. The molecule has 2 aliphatic rings. The van der Waals surface area contributed by atoms with Gasteiger partial charge < -0.3 is 9.47 Å². The van der Waals surface area contributed by atoms with E-state index in [0.717, 1.165) is 45.5 Å². The first-order valence-electron chi connectivity index (χ1n) is 5.11. The second kappa shape index (κ2) is 4.20. The third-order valence-electron chi connectivity index (χ3n) is 2.87. The summed E-state index contributed by atoms with van der Waals surface area (Å²) in [6.45, 7) is 2.24. The molecule has 0 aromatic heterocycles. The molecule has 3 heteroatoms. The van der Waals surface area contributed by atoms with Gasteiger partial charge >= 0.3 is 0 Å². The average Bonchev–Trinajstić information content (AvgIpc) is 2.71. The van der Waals surface area contributed by atoms with Gasteiger partial charge in [-0.25, -0.2) is 0 Å². The minimum atomic E-state index is -0.0944. The SMILES string of the molecule is O=C(C1CCOCC1)C1CCCO1. The Labute approximate surface area is 78.4 Å². The van der Waals surface area contributed by atoms with Gasteiger partial charge in [0.15, 0.2) is 5.78 Å². The highest BCUT2D eigenvalue weighted by molar-refractivity contribution is 5.85. The van der Waals surface area contributed by atoms with Crippen LogP contribution < -0.4 is 0 Å². The lowest BCUT2D eigenvalue weighted by Crippen LogP contribution is -2.31. The first-order chi connectivity index (χ1) is 6.38. The molecule has 0 spiro atoms. The smallest absolute Gasteiger partial charge is 0.164 e. The van der Waals surface area contributed by atoms with E-state index in [1.54, 1.807) is 0 Å². The molecule has 0 aliphatic carbocycles. The van der Waals surface area contributed by atoms with E-state index in [1.807, 2.05) is 0 Å². The van der Waals surface area contributed by atoms with Crippen LogP contribution in [0.15, 0.2) is 0 Å². The summed E-state index contributed by atoms with van der Waals surface area (Å²) in [7, 11) is 0. The molecule has 2 saturated heterocycles. The molecule has 0 amide bonds. The second-order valence-corrected chi connectivity index (χ2v) is 3.79. The number of ether oxygens (including phenoxy) is 2. The van der Waals surface area contributed by atoms with Crippen molar-refractivity contribution in [3.05, 3.63) is 0 Å². The molecule has 0 N–H and O–H groups in total. The Kier molecular flexibility index (Phi) is 2.96. The standard InChI is InChI=1S/C10H16O3/c11-10(9-2-1-5-13-9)8-3-6-12-7-4-8/h8-9H,1-7H2. The second-order valence-electron chi connectivity index (χ2n) is 3.79. The molecule has 2 rings (SSSR count). The summed E-state index contributed by atoms with van der Waals surface area (Å²) in [5.74, 6) is 0.526. The largest absolute Gasteiger partial charge is 0.381 e. The molecule has 0 bridgehead atoms. The first-order valence-corrected chi connectivity index (χ1v) is 5.11. The molecule has 13 heavy (non-hydrogen) atoms. The van der Waals surface area contributed by atoms with Gasteiger partial charge in [-0.15, -0.1) is 0 Å². The fraction of sp³-hybridized carbons (Fsp3) is 0.900. The summed E-state index contributed by atoms with van der Waals surface area (Å²) >= 11 is 0. The van der Waals surface area contributed by atoms with Gasteiger partial charge in [-0.05, 0) is 25.7 Å². The van der Waals surface area contributed by atoms with E-state index in [0.29, 0.717) is 5.78 Å². The quantitative estimate of drug-likeness (QED) is 0.646. The zero-order valence-electron chi connectivity index (χ0n) is 7.83.